The van der Waals surface area contributed by atoms with Crippen LogP contribution >= 0.6 is 0 Å². The summed E-state index contributed by atoms with van der Waals surface area (Å²) in [6, 6.07) is 22.7. The van der Waals surface area contributed by atoms with Gasteiger partial charge in [0.25, 0.3) is 0 Å². The van der Waals surface area contributed by atoms with Gasteiger partial charge in [-0.2, -0.15) is 0 Å². The third kappa shape index (κ3) is 3.40. The summed E-state index contributed by atoms with van der Waals surface area (Å²) in [6.45, 7) is 7.61. The van der Waals surface area contributed by atoms with Crippen LogP contribution in [0.4, 0.5) is 0 Å². The smallest absolute Gasteiger partial charge is 0.0759 e. The van der Waals surface area contributed by atoms with E-state index in [-0.39, 0.29) is 0 Å². The molecule has 0 saturated carbocycles. The molecule has 2 heterocycles. The zero-order chi connectivity index (χ0) is 17.2. The molecule has 1 aromatic heterocycles. The molecule has 0 amide bonds. The van der Waals surface area contributed by atoms with Gasteiger partial charge in [0, 0.05) is 31.5 Å². The third-order valence-electron chi connectivity index (χ3n) is 5.14. The fourth-order valence-electron chi connectivity index (χ4n) is 4.22. The molecule has 128 valence electrons. The van der Waals surface area contributed by atoms with E-state index in [0.29, 0.717) is 6.04 Å². The first-order valence-electron chi connectivity index (χ1n) is 9.22. The van der Waals surface area contributed by atoms with Crippen LogP contribution in [0.25, 0.3) is 0 Å². The summed E-state index contributed by atoms with van der Waals surface area (Å²) in [5, 5.41) is 0. The van der Waals surface area contributed by atoms with Crippen LogP contribution in [-0.4, -0.2) is 16.0 Å². The number of nitrogens with zero attached hydrogens (tertiary/aromatic N) is 2. The molecule has 1 aliphatic heterocycles. The molecule has 1 aliphatic rings. The number of hydrogen-bond acceptors (Lipinski definition) is 1. The molecule has 4 rings (SSSR count). The summed E-state index contributed by atoms with van der Waals surface area (Å²) in [6.07, 6.45) is 3.42. The molecule has 0 fully saturated rings. The molecule has 0 spiro atoms. The first-order chi connectivity index (χ1) is 12.2. The molecule has 3 aromatic rings. The van der Waals surface area contributed by atoms with E-state index < -0.39 is 0 Å². The molecule has 0 bridgehead atoms. The minimum absolute atomic E-state index is 0.319. The predicted octanol–water partition coefficient (Wildman–Crippen LogP) is 5.10. The number of fused-ring (bicyclic) bond motifs is 1. The molecule has 25 heavy (non-hydrogen) atoms. The van der Waals surface area contributed by atoms with E-state index in [4.69, 9.17) is 0 Å². The summed E-state index contributed by atoms with van der Waals surface area (Å²) in [7, 11) is 0. The molecule has 2 nitrogen and oxygen atoms in total. The van der Waals surface area contributed by atoms with Crippen molar-refractivity contribution >= 4 is 0 Å². The van der Waals surface area contributed by atoms with E-state index in [1.807, 2.05) is 0 Å². The van der Waals surface area contributed by atoms with Gasteiger partial charge in [-0.15, -0.1) is 0 Å². The Hall–Kier alpha value is -2.32. The van der Waals surface area contributed by atoms with Crippen molar-refractivity contribution in [3.8, 4) is 0 Å². The second-order valence-corrected chi connectivity index (χ2v) is 7.26. The van der Waals surface area contributed by atoms with Gasteiger partial charge in [-0.1, -0.05) is 59.7 Å². The van der Waals surface area contributed by atoms with Crippen molar-refractivity contribution in [3.63, 3.8) is 0 Å². The Morgan fingerprint density at radius 2 is 1.64 bits per heavy atom. The number of benzene rings is 2. The molecule has 0 radical (unpaired) electrons. The average molecular weight is 330 g/mol. The van der Waals surface area contributed by atoms with Crippen LogP contribution in [0.5, 0.6) is 0 Å². The van der Waals surface area contributed by atoms with Gasteiger partial charge in [0.2, 0.25) is 0 Å². The van der Waals surface area contributed by atoms with E-state index in [2.05, 4.69) is 90.2 Å². The normalized spacial score (nSPS) is 17.9. The Bertz CT molecular complexity index is 827. The maximum absolute atomic E-state index is 2.64. The standard InChI is InChI=1S/C23H26N2/c1-18-14-19(2)16-20(15-18)17-25-13-7-12-24-11-6-10-22(24)23(25)21-8-4-3-5-9-21/h3-6,8-11,14-16,23H,7,12-13,17H2,1-2H3/t23-/m0/s1. The quantitative estimate of drug-likeness (QED) is 0.648. The maximum Gasteiger partial charge on any atom is 0.0759 e. The second-order valence-electron chi connectivity index (χ2n) is 7.26. The Balaban J connectivity index is 1.74. The van der Waals surface area contributed by atoms with Crippen molar-refractivity contribution in [1.82, 2.24) is 9.47 Å². The van der Waals surface area contributed by atoms with Crippen molar-refractivity contribution in [3.05, 3.63) is 94.8 Å². The Labute approximate surface area is 150 Å². The lowest BCUT2D eigenvalue weighted by molar-refractivity contribution is 0.220. The van der Waals surface area contributed by atoms with Crippen molar-refractivity contribution in [2.24, 2.45) is 0 Å². The van der Waals surface area contributed by atoms with Crippen molar-refractivity contribution < 1.29 is 0 Å². The summed E-state index contributed by atoms with van der Waals surface area (Å²) in [5.74, 6) is 0. The maximum atomic E-state index is 2.64. The van der Waals surface area contributed by atoms with E-state index >= 15 is 0 Å². The highest BCUT2D eigenvalue weighted by Crippen LogP contribution is 2.33. The Morgan fingerprint density at radius 3 is 2.40 bits per heavy atom. The van der Waals surface area contributed by atoms with Crippen LogP contribution in [0.1, 0.15) is 40.4 Å². The topological polar surface area (TPSA) is 8.17 Å². The van der Waals surface area contributed by atoms with E-state index in [0.717, 1.165) is 19.6 Å². The predicted molar refractivity (Wildman–Crippen MR) is 104 cm³/mol. The van der Waals surface area contributed by atoms with Crippen molar-refractivity contribution in [2.45, 2.75) is 39.4 Å². The van der Waals surface area contributed by atoms with Crippen LogP contribution in [-0.2, 0) is 13.1 Å². The van der Waals surface area contributed by atoms with Gasteiger partial charge < -0.3 is 4.57 Å². The summed E-state index contributed by atoms with van der Waals surface area (Å²) in [4.78, 5) is 2.64. The highest BCUT2D eigenvalue weighted by Gasteiger charge is 2.27. The lowest BCUT2D eigenvalue weighted by Crippen LogP contribution is -2.29. The van der Waals surface area contributed by atoms with Gasteiger partial charge in [-0.25, -0.2) is 0 Å². The van der Waals surface area contributed by atoms with Crippen LogP contribution in [0.2, 0.25) is 0 Å². The fourth-order valence-corrected chi connectivity index (χ4v) is 4.22. The first kappa shape index (κ1) is 16.2. The zero-order valence-corrected chi connectivity index (χ0v) is 15.2. The molecule has 2 heteroatoms. The van der Waals surface area contributed by atoms with Crippen LogP contribution in [0.15, 0.2) is 66.9 Å². The number of aromatic nitrogens is 1. The molecule has 0 unspecified atom stereocenters. The monoisotopic (exact) mass is 330 g/mol. The van der Waals surface area contributed by atoms with Crippen molar-refractivity contribution in [2.75, 3.05) is 6.54 Å². The second kappa shape index (κ2) is 6.89. The minimum Gasteiger partial charge on any atom is -0.350 e. The highest BCUT2D eigenvalue weighted by atomic mass is 15.2. The summed E-state index contributed by atoms with van der Waals surface area (Å²) in [5.41, 5.74) is 6.91. The Morgan fingerprint density at radius 1 is 0.880 bits per heavy atom. The van der Waals surface area contributed by atoms with Crippen LogP contribution in [0, 0.1) is 13.8 Å². The van der Waals surface area contributed by atoms with Gasteiger partial charge in [0.15, 0.2) is 0 Å². The molecule has 1 atom stereocenters. The highest BCUT2D eigenvalue weighted by molar-refractivity contribution is 5.32. The molecule has 2 aromatic carbocycles. The lowest BCUT2D eigenvalue weighted by atomic mass is 10.0. The van der Waals surface area contributed by atoms with Gasteiger partial charge in [0.1, 0.15) is 0 Å². The first-order valence-corrected chi connectivity index (χ1v) is 9.22. The summed E-state index contributed by atoms with van der Waals surface area (Å²) >= 11 is 0. The van der Waals surface area contributed by atoms with Crippen LogP contribution < -0.4 is 0 Å². The molecule has 0 aliphatic carbocycles. The molecular formula is C23H26N2. The lowest BCUT2D eigenvalue weighted by Gasteiger charge is -2.31. The minimum atomic E-state index is 0.319. The van der Waals surface area contributed by atoms with Gasteiger partial charge >= 0.3 is 0 Å². The number of aryl methyl sites for hydroxylation is 3. The third-order valence-corrected chi connectivity index (χ3v) is 5.14. The largest absolute Gasteiger partial charge is 0.350 e. The fraction of sp³-hybridized carbons (Fsp3) is 0.304. The van der Waals surface area contributed by atoms with Gasteiger partial charge in [-0.3, -0.25) is 4.90 Å². The molecule has 0 saturated heterocycles. The van der Waals surface area contributed by atoms with E-state index in [9.17, 15) is 0 Å². The van der Waals surface area contributed by atoms with E-state index in [1.54, 1.807) is 0 Å². The van der Waals surface area contributed by atoms with Gasteiger partial charge in [-0.05, 0) is 43.5 Å². The zero-order valence-electron chi connectivity index (χ0n) is 15.2. The summed E-state index contributed by atoms with van der Waals surface area (Å²) < 4.78 is 2.43. The van der Waals surface area contributed by atoms with Crippen LogP contribution in [0.3, 0.4) is 0 Å². The molecule has 0 N–H and O–H groups in total. The Kier molecular flexibility index (Phi) is 4.46. The van der Waals surface area contributed by atoms with E-state index in [1.165, 1.54) is 34.4 Å². The SMILES string of the molecule is Cc1cc(C)cc(CN2CCCn3cccc3[C@@H]2c2ccccc2)c1. The number of rotatable bonds is 3. The van der Waals surface area contributed by atoms with Gasteiger partial charge in [0.05, 0.1) is 6.04 Å². The van der Waals surface area contributed by atoms with Crippen molar-refractivity contribution in [1.29, 1.82) is 0 Å². The molecular weight excluding hydrogens is 304 g/mol. The average Bonchev–Trinajstić information content (AvgIpc) is 2.96. The number of hydrogen-bond donors (Lipinski definition) is 0.